The minimum Gasteiger partial charge on any atom is -0.372 e. The van der Waals surface area contributed by atoms with E-state index in [1.807, 2.05) is 24.3 Å². The summed E-state index contributed by atoms with van der Waals surface area (Å²) in [6.07, 6.45) is 1.77. The summed E-state index contributed by atoms with van der Waals surface area (Å²) in [6, 6.07) is 7.80. The number of nitrogens with two attached hydrogens (primary N) is 1. The van der Waals surface area contributed by atoms with Crippen LogP contribution in [0.3, 0.4) is 0 Å². The zero-order valence-electron chi connectivity index (χ0n) is 6.75. The van der Waals surface area contributed by atoms with Gasteiger partial charge < -0.3 is 5.73 Å². The fourth-order valence-electron chi connectivity index (χ4n) is 0.777. The maximum absolute atomic E-state index is 5.22. The summed E-state index contributed by atoms with van der Waals surface area (Å²) in [4.78, 5) is 0. The van der Waals surface area contributed by atoms with Gasteiger partial charge in [-0.25, -0.2) is 0 Å². The lowest BCUT2D eigenvalue weighted by Gasteiger charge is -1.92. The van der Waals surface area contributed by atoms with Gasteiger partial charge in [0.2, 0.25) is 5.11 Å². The molecular weight excluding hydrogens is 250 g/mol. The van der Waals surface area contributed by atoms with E-state index in [1.54, 1.807) is 6.21 Å². The van der Waals surface area contributed by atoms with E-state index in [0.717, 1.165) is 10.0 Å². The van der Waals surface area contributed by atoms with Gasteiger partial charge in [-0.1, -0.05) is 12.1 Å². The molecule has 0 aromatic heterocycles. The molecule has 0 aliphatic carbocycles. The molecule has 0 amide bonds. The Hall–Kier alpha value is -0.940. The summed E-state index contributed by atoms with van der Waals surface area (Å²) >= 11 is 8.02. The standard InChI is InChI=1S/C8H8BrN3S/c9-7-4-2-1-3-6(7)5-11-12-8(10)13/h1-5H,(H3,10,12,13)/p+1. The second-order valence-electron chi connectivity index (χ2n) is 2.30. The number of hydrogen-bond acceptors (Lipinski definition) is 1. The molecule has 1 rings (SSSR count). The van der Waals surface area contributed by atoms with Crippen LogP contribution < -0.4 is 16.3 Å². The molecule has 0 atom stereocenters. The van der Waals surface area contributed by atoms with Crippen LogP contribution >= 0.6 is 28.1 Å². The third-order valence-electron chi connectivity index (χ3n) is 1.33. The third kappa shape index (κ3) is 3.52. The van der Waals surface area contributed by atoms with Crippen molar-refractivity contribution in [3.63, 3.8) is 0 Å². The summed E-state index contributed by atoms with van der Waals surface area (Å²) < 4.78 is 1.01. The molecule has 0 heterocycles. The Kier molecular flexibility index (Phi) is 3.85. The van der Waals surface area contributed by atoms with E-state index in [1.165, 1.54) is 0 Å². The van der Waals surface area contributed by atoms with E-state index in [2.05, 4.69) is 38.7 Å². The number of benzene rings is 1. The molecule has 0 saturated carbocycles. The third-order valence-corrected chi connectivity index (χ3v) is 2.15. The van der Waals surface area contributed by atoms with Gasteiger partial charge in [0.15, 0.2) is 6.21 Å². The molecule has 0 fully saturated rings. The Labute approximate surface area is 90.1 Å². The van der Waals surface area contributed by atoms with Crippen molar-refractivity contribution < 1.29 is 5.10 Å². The Morgan fingerprint density at radius 2 is 2.23 bits per heavy atom. The predicted octanol–water partition coefficient (Wildman–Crippen LogP) is -0.303. The van der Waals surface area contributed by atoms with Crippen molar-refractivity contribution in [3.05, 3.63) is 34.3 Å². The zero-order chi connectivity index (χ0) is 9.68. The van der Waals surface area contributed by atoms with E-state index in [4.69, 9.17) is 5.73 Å². The molecule has 4 N–H and O–H groups in total. The lowest BCUT2D eigenvalue weighted by atomic mass is 10.2. The van der Waals surface area contributed by atoms with Crippen LogP contribution in [-0.4, -0.2) is 11.3 Å². The number of hydrazone groups is 1. The summed E-state index contributed by atoms with van der Waals surface area (Å²) in [6.45, 7) is 0. The van der Waals surface area contributed by atoms with Gasteiger partial charge in [-0.05, 0) is 40.3 Å². The highest BCUT2D eigenvalue weighted by Gasteiger charge is 1.96. The molecule has 5 heteroatoms. The highest BCUT2D eigenvalue weighted by atomic mass is 79.9. The topological polar surface area (TPSA) is 52.0 Å². The summed E-state index contributed by atoms with van der Waals surface area (Å²) in [5.74, 6) is 0. The van der Waals surface area contributed by atoms with Crippen LogP contribution in [0, 0.1) is 0 Å². The molecule has 3 nitrogen and oxygen atoms in total. The summed E-state index contributed by atoms with van der Waals surface area (Å²) in [5, 5.41) is 2.98. The van der Waals surface area contributed by atoms with Crippen molar-refractivity contribution in [2.45, 2.75) is 0 Å². The van der Waals surface area contributed by atoms with Gasteiger partial charge >= 0.3 is 0 Å². The van der Waals surface area contributed by atoms with Crippen molar-refractivity contribution in [1.29, 1.82) is 0 Å². The maximum atomic E-state index is 5.22. The smallest absolute Gasteiger partial charge is 0.221 e. The minimum absolute atomic E-state index is 0.211. The lowest BCUT2D eigenvalue weighted by molar-refractivity contribution is -0.499. The molecule has 68 valence electrons. The number of thiocarbonyl (C=S) groups is 1. The van der Waals surface area contributed by atoms with Gasteiger partial charge in [-0.3, -0.25) is 0 Å². The van der Waals surface area contributed by atoms with E-state index < -0.39 is 0 Å². The van der Waals surface area contributed by atoms with E-state index in [0.29, 0.717) is 0 Å². The van der Waals surface area contributed by atoms with Gasteiger partial charge in [0.05, 0.1) is 5.56 Å². The molecule has 0 aliphatic rings. The van der Waals surface area contributed by atoms with Crippen molar-refractivity contribution in [2.75, 3.05) is 0 Å². The molecule has 0 spiro atoms. The zero-order valence-corrected chi connectivity index (χ0v) is 9.15. The molecular formula is C8H9BrN3S+. The van der Waals surface area contributed by atoms with Crippen LogP contribution in [-0.2, 0) is 0 Å². The number of halogens is 1. The first-order chi connectivity index (χ1) is 6.20. The van der Waals surface area contributed by atoms with Crippen LogP contribution in [0.2, 0.25) is 0 Å². The molecule has 1 aromatic rings. The fraction of sp³-hybridized carbons (Fsp3) is 0. The van der Waals surface area contributed by atoms with Crippen molar-refractivity contribution in [3.8, 4) is 0 Å². The van der Waals surface area contributed by atoms with Gasteiger partial charge in [-0.15, -0.1) is 10.5 Å². The Morgan fingerprint density at radius 3 is 2.85 bits per heavy atom. The SMILES string of the molecule is NC(=S)N[NH+]=Cc1ccccc1Br. The van der Waals surface area contributed by atoms with E-state index in [9.17, 15) is 0 Å². The van der Waals surface area contributed by atoms with Crippen molar-refractivity contribution in [2.24, 2.45) is 5.73 Å². The predicted molar refractivity (Wildman–Crippen MR) is 60.2 cm³/mol. The molecule has 0 unspecified atom stereocenters. The van der Waals surface area contributed by atoms with Crippen LogP contribution in [0.25, 0.3) is 0 Å². The number of hydrazine groups is 1. The highest BCUT2D eigenvalue weighted by molar-refractivity contribution is 9.10. The van der Waals surface area contributed by atoms with E-state index in [-0.39, 0.29) is 5.11 Å². The molecule has 0 radical (unpaired) electrons. The number of rotatable bonds is 2. The maximum Gasteiger partial charge on any atom is 0.221 e. The van der Waals surface area contributed by atoms with Gasteiger partial charge in [0, 0.05) is 4.47 Å². The molecule has 0 bridgehead atoms. The first kappa shape index (κ1) is 10.1. The van der Waals surface area contributed by atoms with Gasteiger partial charge in [-0.2, -0.15) is 0 Å². The minimum atomic E-state index is 0.211. The first-order valence-corrected chi connectivity index (χ1v) is 4.79. The molecule has 0 saturated heterocycles. The van der Waals surface area contributed by atoms with Crippen LogP contribution in [0.1, 0.15) is 5.56 Å². The van der Waals surface area contributed by atoms with Crippen LogP contribution in [0.4, 0.5) is 0 Å². The lowest BCUT2D eigenvalue weighted by Crippen LogP contribution is -2.82. The van der Waals surface area contributed by atoms with Gasteiger partial charge in [0.25, 0.3) is 0 Å². The average Bonchev–Trinajstić information content (AvgIpc) is 2.08. The van der Waals surface area contributed by atoms with Crippen molar-refractivity contribution in [1.82, 2.24) is 5.43 Å². The second kappa shape index (κ2) is 4.94. The largest absolute Gasteiger partial charge is 0.372 e. The monoisotopic (exact) mass is 258 g/mol. The number of nitrogens with one attached hydrogen (secondary N) is 2. The Bertz CT molecular complexity index is 338. The average molecular weight is 259 g/mol. The van der Waals surface area contributed by atoms with Crippen LogP contribution in [0.15, 0.2) is 28.7 Å². The normalized spacial score (nSPS) is 10.2. The molecule has 0 aliphatic heterocycles. The van der Waals surface area contributed by atoms with Crippen molar-refractivity contribution >= 4 is 39.5 Å². The summed E-state index contributed by atoms with van der Waals surface area (Å²) in [7, 11) is 0. The number of hydrogen-bond donors (Lipinski definition) is 3. The first-order valence-electron chi connectivity index (χ1n) is 3.59. The Balaban J connectivity index is 2.68. The highest BCUT2D eigenvalue weighted by Crippen LogP contribution is 2.12. The van der Waals surface area contributed by atoms with E-state index >= 15 is 0 Å². The summed E-state index contributed by atoms with van der Waals surface area (Å²) in [5.41, 5.74) is 8.84. The molecule has 13 heavy (non-hydrogen) atoms. The van der Waals surface area contributed by atoms with Crippen LogP contribution in [0.5, 0.6) is 0 Å². The second-order valence-corrected chi connectivity index (χ2v) is 3.59. The van der Waals surface area contributed by atoms with Gasteiger partial charge in [0.1, 0.15) is 0 Å². The quantitative estimate of drug-likeness (QED) is 0.388. The Morgan fingerprint density at radius 1 is 1.54 bits per heavy atom. The fourth-order valence-corrected chi connectivity index (χ4v) is 1.24. The molecule has 1 aromatic carbocycles.